The molecule has 0 aliphatic rings. The lowest BCUT2D eigenvalue weighted by atomic mass is 10.2. The van der Waals surface area contributed by atoms with Crippen LogP contribution >= 0.6 is 0 Å². The molecule has 0 amide bonds. The lowest BCUT2D eigenvalue weighted by Gasteiger charge is -2.11. The van der Waals surface area contributed by atoms with E-state index in [1.54, 1.807) is 14.2 Å². The fourth-order valence-electron chi connectivity index (χ4n) is 1.74. The number of ether oxygens (including phenoxy) is 2. The molecule has 1 rings (SSSR count). The van der Waals surface area contributed by atoms with Crippen molar-refractivity contribution in [3.05, 3.63) is 23.8 Å². The predicted octanol–water partition coefficient (Wildman–Crippen LogP) is 1.79. The molecule has 102 valence electrons. The first kappa shape index (κ1) is 14.8. The highest BCUT2D eigenvalue weighted by Crippen LogP contribution is 2.24. The van der Waals surface area contributed by atoms with Crippen molar-refractivity contribution in [2.75, 3.05) is 33.9 Å². The third-order valence-corrected chi connectivity index (χ3v) is 2.77. The van der Waals surface area contributed by atoms with Crippen LogP contribution in [0.4, 0.5) is 0 Å². The van der Waals surface area contributed by atoms with Gasteiger partial charge in [-0.15, -0.1) is 0 Å². The zero-order valence-corrected chi connectivity index (χ0v) is 11.6. The first-order chi connectivity index (χ1) is 8.81. The number of nitrogens with one attached hydrogen (secondary N) is 2. The summed E-state index contributed by atoms with van der Waals surface area (Å²) in [6.45, 7) is 6.03. The predicted molar refractivity (Wildman–Crippen MR) is 74.4 cm³/mol. The zero-order valence-electron chi connectivity index (χ0n) is 11.6. The summed E-state index contributed by atoms with van der Waals surface area (Å²) in [7, 11) is 3.34. The largest absolute Gasteiger partial charge is 0.497 e. The third-order valence-electron chi connectivity index (χ3n) is 2.77. The molecule has 4 heteroatoms. The van der Waals surface area contributed by atoms with E-state index in [0.717, 1.165) is 49.7 Å². The molecule has 2 N–H and O–H groups in total. The number of hydrogen-bond donors (Lipinski definition) is 2. The molecule has 0 fully saturated rings. The van der Waals surface area contributed by atoms with E-state index in [1.165, 1.54) is 0 Å². The molecule has 0 saturated heterocycles. The standard InChI is InChI=1S/C14H24N2O2/c1-4-15-8-5-9-16-11-12-6-7-13(17-2)10-14(12)18-3/h6-7,10,15-16H,4-5,8-9,11H2,1-3H3. The van der Waals surface area contributed by atoms with Gasteiger partial charge in [-0.25, -0.2) is 0 Å². The second-order valence-corrected chi connectivity index (χ2v) is 4.06. The molecular formula is C14H24N2O2. The molecule has 0 bridgehead atoms. The molecule has 0 radical (unpaired) electrons. The number of hydrogen-bond acceptors (Lipinski definition) is 4. The molecule has 0 atom stereocenters. The maximum Gasteiger partial charge on any atom is 0.127 e. The molecule has 4 nitrogen and oxygen atoms in total. The van der Waals surface area contributed by atoms with Crippen molar-refractivity contribution in [2.45, 2.75) is 19.9 Å². The third kappa shape index (κ3) is 4.94. The highest BCUT2D eigenvalue weighted by Gasteiger charge is 2.04. The van der Waals surface area contributed by atoms with Crippen LogP contribution in [0.2, 0.25) is 0 Å². The molecule has 1 aromatic rings. The van der Waals surface area contributed by atoms with Gasteiger partial charge in [-0.3, -0.25) is 0 Å². The summed E-state index contributed by atoms with van der Waals surface area (Å²) in [5, 5.41) is 6.72. The second-order valence-electron chi connectivity index (χ2n) is 4.06. The molecule has 1 aromatic carbocycles. The number of rotatable bonds is 9. The van der Waals surface area contributed by atoms with Crippen LogP contribution in [-0.2, 0) is 6.54 Å². The van der Waals surface area contributed by atoms with E-state index in [-0.39, 0.29) is 0 Å². The van der Waals surface area contributed by atoms with Crippen molar-refractivity contribution in [1.29, 1.82) is 0 Å². The highest BCUT2D eigenvalue weighted by atomic mass is 16.5. The van der Waals surface area contributed by atoms with Crippen molar-refractivity contribution in [3.63, 3.8) is 0 Å². The smallest absolute Gasteiger partial charge is 0.127 e. The molecule has 0 aromatic heterocycles. The van der Waals surface area contributed by atoms with Gasteiger partial charge in [-0.05, 0) is 32.1 Å². The quantitative estimate of drug-likeness (QED) is 0.658. The number of methoxy groups -OCH3 is 2. The minimum absolute atomic E-state index is 0.819. The monoisotopic (exact) mass is 252 g/mol. The van der Waals surface area contributed by atoms with Gasteiger partial charge in [0.2, 0.25) is 0 Å². The molecule has 0 aliphatic carbocycles. The normalized spacial score (nSPS) is 10.4. The van der Waals surface area contributed by atoms with E-state index in [0.29, 0.717) is 0 Å². The minimum Gasteiger partial charge on any atom is -0.497 e. The Morgan fingerprint density at radius 1 is 1.06 bits per heavy atom. The zero-order chi connectivity index (χ0) is 13.2. The van der Waals surface area contributed by atoms with E-state index in [2.05, 4.69) is 17.6 Å². The van der Waals surface area contributed by atoms with Crippen LogP contribution in [0, 0.1) is 0 Å². The van der Waals surface area contributed by atoms with Gasteiger partial charge < -0.3 is 20.1 Å². The van der Waals surface area contributed by atoms with E-state index in [9.17, 15) is 0 Å². The first-order valence-electron chi connectivity index (χ1n) is 6.44. The van der Waals surface area contributed by atoms with Crippen LogP contribution in [-0.4, -0.2) is 33.9 Å². The molecule has 18 heavy (non-hydrogen) atoms. The summed E-state index contributed by atoms with van der Waals surface area (Å²) < 4.78 is 10.5. The average Bonchev–Trinajstić information content (AvgIpc) is 2.42. The van der Waals surface area contributed by atoms with Crippen LogP contribution in [0.15, 0.2) is 18.2 Å². The maximum atomic E-state index is 5.35. The Morgan fingerprint density at radius 2 is 1.83 bits per heavy atom. The summed E-state index contributed by atoms with van der Waals surface area (Å²) in [6.07, 6.45) is 1.13. The van der Waals surface area contributed by atoms with E-state index in [1.807, 2.05) is 18.2 Å². The molecule has 0 heterocycles. The SMILES string of the molecule is CCNCCCNCc1ccc(OC)cc1OC. The lowest BCUT2D eigenvalue weighted by Crippen LogP contribution is -2.21. The Balaban J connectivity index is 2.37. The minimum atomic E-state index is 0.819. The Kier molecular flexibility index (Phi) is 7.22. The van der Waals surface area contributed by atoms with Gasteiger partial charge in [0.15, 0.2) is 0 Å². The van der Waals surface area contributed by atoms with Crippen LogP contribution in [0.25, 0.3) is 0 Å². The summed E-state index contributed by atoms with van der Waals surface area (Å²) in [4.78, 5) is 0. The van der Waals surface area contributed by atoms with Crippen LogP contribution in [0.1, 0.15) is 18.9 Å². The molecule has 0 spiro atoms. The molecule has 0 unspecified atom stereocenters. The Labute approximate surface area is 110 Å². The topological polar surface area (TPSA) is 42.5 Å². The molecule has 0 saturated carbocycles. The second kappa shape index (κ2) is 8.78. The van der Waals surface area contributed by atoms with E-state index < -0.39 is 0 Å². The maximum absolute atomic E-state index is 5.35. The first-order valence-corrected chi connectivity index (χ1v) is 6.44. The van der Waals surface area contributed by atoms with Crippen molar-refractivity contribution in [3.8, 4) is 11.5 Å². The van der Waals surface area contributed by atoms with Crippen molar-refractivity contribution in [1.82, 2.24) is 10.6 Å². The van der Waals surface area contributed by atoms with Gasteiger partial charge in [-0.1, -0.05) is 13.0 Å². The Morgan fingerprint density at radius 3 is 2.50 bits per heavy atom. The van der Waals surface area contributed by atoms with E-state index >= 15 is 0 Å². The summed E-state index contributed by atoms with van der Waals surface area (Å²) in [5.41, 5.74) is 1.15. The molecule has 0 aliphatic heterocycles. The number of benzene rings is 1. The van der Waals surface area contributed by atoms with Crippen LogP contribution in [0.3, 0.4) is 0 Å². The van der Waals surface area contributed by atoms with Gasteiger partial charge in [-0.2, -0.15) is 0 Å². The van der Waals surface area contributed by atoms with Gasteiger partial charge in [0, 0.05) is 18.2 Å². The van der Waals surface area contributed by atoms with Gasteiger partial charge in [0.25, 0.3) is 0 Å². The Bertz CT molecular complexity index is 343. The molecular weight excluding hydrogens is 228 g/mol. The fraction of sp³-hybridized carbons (Fsp3) is 0.571. The van der Waals surface area contributed by atoms with Gasteiger partial charge in [0.1, 0.15) is 11.5 Å². The Hall–Kier alpha value is -1.26. The van der Waals surface area contributed by atoms with Crippen LogP contribution < -0.4 is 20.1 Å². The summed E-state index contributed by atoms with van der Waals surface area (Å²) in [5.74, 6) is 1.69. The van der Waals surface area contributed by atoms with Gasteiger partial charge >= 0.3 is 0 Å². The fourth-order valence-corrected chi connectivity index (χ4v) is 1.74. The lowest BCUT2D eigenvalue weighted by molar-refractivity contribution is 0.389. The van der Waals surface area contributed by atoms with E-state index in [4.69, 9.17) is 9.47 Å². The summed E-state index contributed by atoms with van der Waals surface area (Å²) in [6, 6.07) is 5.91. The van der Waals surface area contributed by atoms with Crippen LogP contribution in [0.5, 0.6) is 11.5 Å². The van der Waals surface area contributed by atoms with Crippen molar-refractivity contribution in [2.24, 2.45) is 0 Å². The highest BCUT2D eigenvalue weighted by molar-refractivity contribution is 5.40. The van der Waals surface area contributed by atoms with Gasteiger partial charge in [0.05, 0.1) is 14.2 Å². The summed E-state index contributed by atoms with van der Waals surface area (Å²) >= 11 is 0. The van der Waals surface area contributed by atoms with Crippen molar-refractivity contribution < 1.29 is 9.47 Å². The van der Waals surface area contributed by atoms with Crippen molar-refractivity contribution >= 4 is 0 Å². The average molecular weight is 252 g/mol.